The van der Waals surface area contributed by atoms with E-state index in [1.165, 1.54) is 0 Å². The SMILES string of the molecule is CCc1cc(-c2ccccc2C)c(O)cc1OCCCCCC(C)(C)c1nn[nH]n1.[NaH].[NaH]. The van der Waals surface area contributed by atoms with Crippen LogP contribution in [-0.4, -0.2) is 91.5 Å². The summed E-state index contributed by atoms with van der Waals surface area (Å²) in [5.74, 6) is 1.80. The quantitative estimate of drug-likeness (QED) is 0.355. The molecule has 32 heavy (non-hydrogen) atoms. The van der Waals surface area contributed by atoms with Gasteiger partial charge >= 0.3 is 59.1 Å². The first-order valence-corrected chi connectivity index (χ1v) is 10.7. The second-order valence-corrected chi connectivity index (χ2v) is 8.42. The second-order valence-electron chi connectivity index (χ2n) is 8.42. The Morgan fingerprint density at radius 1 is 1.03 bits per heavy atom. The van der Waals surface area contributed by atoms with Crippen LogP contribution < -0.4 is 4.74 Å². The average Bonchev–Trinajstić information content (AvgIpc) is 3.27. The number of rotatable bonds is 10. The summed E-state index contributed by atoms with van der Waals surface area (Å²) in [4.78, 5) is 0. The van der Waals surface area contributed by atoms with Gasteiger partial charge in [-0.25, -0.2) is 0 Å². The van der Waals surface area contributed by atoms with E-state index in [1.807, 2.05) is 18.2 Å². The first kappa shape index (κ1) is 29.1. The van der Waals surface area contributed by atoms with Gasteiger partial charge in [-0.3, -0.25) is 0 Å². The van der Waals surface area contributed by atoms with Gasteiger partial charge in [0.05, 0.1) is 6.61 Å². The van der Waals surface area contributed by atoms with Gasteiger partial charge in [0, 0.05) is 17.0 Å². The third-order valence-electron chi connectivity index (χ3n) is 5.65. The van der Waals surface area contributed by atoms with E-state index in [0.29, 0.717) is 6.61 Å². The molecule has 0 radical (unpaired) electrons. The third kappa shape index (κ3) is 7.57. The number of nitrogens with one attached hydrogen (secondary N) is 1. The number of ether oxygens (including phenoxy) is 1. The Morgan fingerprint density at radius 2 is 1.78 bits per heavy atom. The number of aryl methyl sites for hydroxylation is 2. The predicted octanol–water partition coefficient (Wildman–Crippen LogP) is 4.06. The van der Waals surface area contributed by atoms with E-state index in [-0.39, 0.29) is 70.3 Å². The summed E-state index contributed by atoms with van der Waals surface area (Å²) in [6, 6.07) is 11.9. The first-order chi connectivity index (χ1) is 14.4. The molecule has 0 aliphatic heterocycles. The van der Waals surface area contributed by atoms with Gasteiger partial charge in [0.15, 0.2) is 5.82 Å². The van der Waals surface area contributed by atoms with Crippen molar-refractivity contribution in [2.45, 2.75) is 65.2 Å². The van der Waals surface area contributed by atoms with Gasteiger partial charge < -0.3 is 9.84 Å². The number of phenolic OH excluding ortho intramolecular Hbond substituents is 1. The molecule has 0 amide bonds. The normalized spacial score (nSPS) is 10.9. The van der Waals surface area contributed by atoms with Crippen molar-refractivity contribution in [2.24, 2.45) is 0 Å². The van der Waals surface area contributed by atoms with Gasteiger partial charge in [0.25, 0.3) is 0 Å². The Labute approximate surface area is 235 Å². The summed E-state index contributed by atoms with van der Waals surface area (Å²) in [5.41, 5.74) is 4.10. The molecule has 0 atom stereocenters. The van der Waals surface area contributed by atoms with Crippen molar-refractivity contribution in [2.75, 3.05) is 6.61 Å². The number of nitrogens with zero attached hydrogens (tertiary/aromatic N) is 3. The fourth-order valence-corrected chi connectivity index (χ4v) is 3.70. The topological polar surface area (TPSA) is 83.9 Å². The fraction of sp³-hybridized carbons (Fsp3) is 0.458. The fourth-order valence-electron chi connectivity index (χ4n) is 3.70. The van der Waals surface area contributed by atoms with Gasteiger partial charge in [-0.1, -0.05) is 63.1 Å². The molecule has 2 aromatic carbocycles. The van der Waals surface area contributed by atoms with Crippen molar-refractivity contribution in [1.82, 2.24) is 20.6 Å². The van der Waals surface area contributed by atoms with E-state index in [2.05, 4.69) is 60.5 Å². The molecule has 0 bridgehead atoms. The molecule has 3 rings (SSSR count). The number of aromatic nitrogens is 4. The van der Waals surface area contributed by atoms with Crippen LogP contribution >= 0.6 is 0 Å². The zero-order valence-electron chi connectivity index (χ0n) is 18.4. The van der Waals surface area contributed by atoms with E-state index in [4.69, 9.17) is 4.74 Å². The number of phenols is 1. The van der Waals surface area contributed by atoms with Crippen LogP contribution in [0.2, 0.25) is 0 Å². The van der Waals surface area contributed by atoms with Gasteiger partial charge in [-0.2, -0.15) is 5.21 Å². The van der Waals surface area contributed by atoms with E-state index in [1.54, 1.807) is 6.07 Å². The first-order valence-electron chi connectivity index (χ1n) is 10.7. The molecule has 164 valence electrons. The molecule has 8 heteroatoms. The van der Waals surface area contributed by atoms with Crippen LogP contribution in [0.4, 0.5) is 0 Å². The Kier molecular flexibility index (Phi) is 12.5. The van der Waals surface area contributed by atoms with Crippen LogP contribution in [-0.2, 0) is 11.8 Å². The molecule has 1 heterocycles. The predicted molar refractivity (Wildman–Crippen MR) is 133 cm³/mol. The number of hydrogen-bond acceptors (Lipinski definition) is 5. The summed E-state index contributed by atoms with van der Waals surface area (Å²) in [6.45, 7) is 9.09. The van der Waals surface area contributed by atoms with E-state index in [0.717, 1.165) is 65.9 Å². The molecule has 0 aliphatic rings. The van der Waals surface area contributed by atoms with Gasteiger partial charge in [-0.05, 0) is 48.9 Å². The molecule has 2 N–H and O–H groups in total. The van der Waals surface area contributed by atoms with Gasteiger partial charge in [0.2, 0.25) is 0 Å². The molecular weight excluding hydrogens is 422 g/mol. The van der Waals surface area contributed by atoms with E-state index < -0.39 is 0 Å². The van der Waals surface area contributed by atoms with Crippen molar-refractivity contribution >= 4 is 59.1 Å². The van der Waals surface area contributed by atoms with Crippen molar-refractivity contribution in [3.05, 3.63) is 53.3 Å². The summed E-state index contributed by atoms with van der Waals surface area (Å²) < 4.78 is 6.03. The molecule has 1 aromatic heterocycles. The Morgan fingerprint density at radius 3 is 2.44 bits per heavy atom. The maximum absolute atomic E-state index is 10.6. The van der Waals surface area contributed by atoms with Crippen LogP contribution in [0.3, 0.4) is 0 Å². The van der Waals surface area contributed by atoms with Crippen molar-refractivity contribution in [3.63, 3.8) is 0 Å². The average molecular weight is 457 g/mol. The molecule has 0 aliphatic carbocycles. The Bertz CT molecular complexity index is 963. The molecule has 0 unspecified atom stereocenters. The number of aromatic amines is 1. The van der Waals surface area contributed by atoms with Crippen molar-refractivity contribution in [1.29, 1.82) is 0 Å². The molecular formula is C24H34N4Na2O2. The molecule has 3 aromatic rings. The minimum absolute atomic E-state index is 0. The summed E-state index contributed by atoms with van der Waals surface area (Å²) in [6.07, 6.45) is 4.96. The van der Waals surface area contributed by atoms with Crippen LogP contribution in [0.15, 0.2) is 36.4 Å². The van der Waals surface area contributed by atoms with Crippen LogP contribution in [0.25, 0.3) is 11.1 Å². The van der Waals surface area contributed by atoms with Gasteiger partial charge in [-0.15, -0.1) is 10.2 Å². The number of tetrazole rings is 1. The summed E-state index contributed by atoms with van der Waals surface area (Å²) in [7, 11) is 0. The Balaban J connectivity index is 0.00000256. The second kappa shape index (κ2) is 13.7. The van der Waals surface area contributed by atoms with Crippen LogP contribution in [0.1, 0.15) is 63.4 Å². The summed E-state index contributed by atoms with van der Waals surface area (Å²) >= 11 is 0. The summed E-state index contributed by atoms with van der Waals surface area (Å²) in [5, 5.41) is 25.0. The van der Waals surface area contributed by atoms with Crippen molar-refractivity contribution < 1.29 is 9.84 Å². The van der Waals surface area contributed by atoms with E-state index in [9.17, 15) is 5.11 Å². The molecule has 0 fully saturated rings. The number of aromatic hydroxyl groups is 1. The van der Waals surface area contributed by atoms with Gasteiger partial charge in [0.1, 0.15) is 11.5 Å². The van der Waals surface area contributed by atoms with Crippen molar-refractivity contribution in [3.8, 4) is 22.6 Å². The number of H-pyrrole nitrogens is 1. The minimum atomic E-state index is -0.0829. The van der Waals surface area contributed by atoms with Crippen LogP contribution in [0.5, 0.6) is 11.5 Å². The third-order valence-corrected chi connectivity index (χ3v) is 5.65. The standard InChI is InChI=1S/C24H32N4O2.2Na.2H/c1-5-18-15-20(19-12-8-7-11-17(19)2)21(29)16-22(18)30-14-10-6-9-13-24(3,4)23-25-27-28-26-23;;;;/h7-8,11-12,15-16,29H,5-6,9-10,13-14H2,1-4H3,(H,25,26,27,28);;;;. The molecule has 0 saturated heterocycles. The maximum atomic E-state index is 10.6. The Hall–Kier alpha value is -0.890. The number of unbranched alkanes of at least 4 members (excludes halogenated alkanes) is 2. The molecule has 6 nitrogen and oxygen atoms in total. The number of benzene rings is 2. The van der Waals surface area contributed by atoms with E-state index >= 15 is 0 Å². The zero-order chi connectivity index (χ0) is 21.6. The molecule has 0 spiro atoms. The molecule has 0 saturated carbocycles. The monoisotopic (exact) mass is 456 g/mol. The number of hydrogen-bond donors (Lipinski definition) is 2. The zero-order valence-corrected chi connectivity index (χ0v) is 18.4. The van der Waals surface area contributed by atoms with Crippen LogP contribution in [0, 0.1) is 6.92 Å².